The number of carbonyl (C=O) groups excluding carboxylic acids is 2. The minimum absolute atomic E-state index is 0.0230. The van der Waals surface area contributed by atoms with Gasteiger partial charge in [0.15, 0.2) is 0 Å². The average molecular weight is 471 g/mol. The maximum Gasteiger partial charge on any atom is 0.336 e. The molecule has 0 unspecified atom stereocenters. The van der Waals surface area contributed by atoms with E-state index in [1.54, 1.807) is 18.2 Å². The predicted molar refractivity (Wildman–Crippen MR) is 133 cm³/mol. The van der Waals surface area contributed by atoms with E-state index in [-0.39, 0.29) is 12.3 Å². The molecule has 4 rings (SSSR count). The molecule has 0 spiro atoms. The van der Waals surface area contributed by atoms with Crippen LogP contribution in [-0.2, 0) is 21.4 Å². The van der Waals surface area contributed by atoms with Crippen LogP contribution in [0.5, 0.6) is 5.75 Å². The molecule has 35 heavy (non-hydrogen) atoms. The maximum atomic E-state index is 13.8. The van der Waals surface area contributed by atoms with Gasteiger partial charge >= 0.3 is 5.63 Å². The van der Waals surface area contributed by atoms with Crippen molar-refractivity contribution in [2.75, 3.05) is 7.11 Å². The Morgan fingerprint density at radius 3 is 2.11 bits per heavy atom. The third-order valence-corrected chi connectivity index (χ3v) is 6.27. The van der Waals surface area contributed by atoms with E-state index in [1.165, 1.54) is 13.2 Å². The topological polar surface area (TPSA) is 112 Å². The minimum atomic E-state index is -1.08. The Hall–Kier alpha value is -4.39. The van der Waals surface area contributed by atoms with E-state index >= 15 is 0 Å². The smallest absolute Gasteiger partial charge is 0.336 e. The normalized spacial score (nSPS) is 12.2. The summed E-state index contributed by atoms with van der Waals surface area (Å²) in [6, 6.07) is 24.0. The number of benzene rings is 3. The van der Waals surface area contributed by atoms with Gasteiger partial charge in [-0.05, 0) is 35.7 Å². The molecule has 0 aliphatic heterocycles. The summed E-state index contributed by atoms with van der Waals surface area (Å²) in [5, 5.41) is 3.46. The summed E-state index contributed by atoms with van der Waals surface area (Å²) in [5.41, 5.74) is 6.44. The summed E-state index contributed by atoms with van der Waals surface area (Å²) in [7, 11) is 1.51. The molecule has 7 heteroatoms. The van der Waals surface area contributed by atoms with Gasteiger partial charge in [0.1, 0.15) is 17.4 Å². The van der Waals surface area contributed by atoms with Crippen LogP contribution in [0.1, 0.15) is 23.6 Å². The maximum absolute atomic E-state index is 13.8. The van der Waals surface area contributed by atoms with Gasteiger partial charge in [-0.15, -0.1) is 0 Å². The third-order valence-electron chi connectivity index (χ3n) is 6.27. The molecule has 178 valence electrons. The van der Waals surface area contributed by atoms with E-state index < -0.39 is 23.0 Å². The highest BCUT2D eigenvalue weighted by molar-refractivity contribution is 5.95. The summed E-state index contributed by atoms with van der Waals surface area (Å²) < 4.78 is 10.5. The fourth-order valence-electron chi connectivity index (χ4n) is 4.22. The lowest BCUT2D eigenvalue weighted by Gasteiger charge is -2.31. The molecule has 3 N–H and O–H groups in total. The Balaban J connectivity index is 1.71. The highest BCUT2D eigenvalue weighted by Gasteiger charge is 2.38. The highest BCUT2D eigenvalue weighted by atomic mass is 16.5. The van der Waals surface area contributed by atoms with Crippen molar-refractivity contribution in [3.05, 3.63) is 112 Å². The predicted octanol–water partition coefficient (Wildman–Crippen LogP) is 3.32. The molecule has 0 aliphatic rings. The molecule has 1 atom stereocenters. The molecular weight excluding hydrogens is 444 g/mol. The number of nitrogens with one attached hydrogen (secondary N) is 1. The zero-order valence-electron chi connectivity index (χ0n) is 19.5. The lowest BCUT2D eigenvalue weighted by atomic mass is 9.75. The van der Waals surface area contributed by atoms with Crippen molar-refractivity contribution in [3.8, 4) is 5.75 Å². The summed E-state index contributed by atoms with van der Waals surface area (Å²) in [5.74, 6) is -0.566. The van der Waals surface area contributed by atoms with Crippen LogP contribution in [0.2, 0.25) is 0 Å². The number of amides is 2. The third kappa shape index (κ3) is 4.80. The van der Waals surface area contributed by atoms with Crippen LogP contribution in [-0.4, -0.2) is 25.0 Å². The van der Waals surface area contributed by atoms with Gasteiger partial charge < -0.3 is 20.2 Å². The SMILES string of the molecule is COc1ccc2c(C[C@H](NC(=O)C(C)(c3ccccc3)c3ccccc3)C(N)=O)cc(=O)oc2c1. The molecule has 0 saturated carbocycles. The number of ether oxygens (including phenoxy) is 1. The molecule has 0 fully saturated rings. The van der Waals surface area contributed by atoms with Crippen LogP contribution >= 0.6 is 0 Å². The van der Waals surface area contributed by atoms with Crippen LogP contribution in [0.15, 0.2) is 94.1 Å². The lowest BCUT2D eigenvalue weighted by Crippen LogP contribution is -2.52. The second kappa shape index (κ2) is 9.85. The van der Waals surface area contributed by atoms with Gasteiger partial charge in [0.25, 0.3) is 0 Å². The van der Waals surface area contributed by atoms with Crippen molar-refractivity contribution in [3.63, 3.8) is 0 Å². The van der Waals surface area contributed by atoms with E-state index in [0.29, 0.717) is 22.3 Å². The number of rotatable bonds is 8. The van der Waals surface area contributed by atoms with Gasteiger partial charge in [-0.2, -0.15) is 0 Å². The quantitative estimate of drug-likeness (QED) is 0.384. The zero-order valence-corrected chi connectivity index (χ0v) is 19.5. The first-order valence-corrected chi connectivity index (χ1v) is 11.1. The Labute approximate surface area is 202 Å². The Morgan fingerprint density at radius 1 is 0.971 bits per heavy atom. The highest BCUT2D eigenvalue weighted by Crippen LogP contribution is 2.32. The van der Waals surface area contributed by atoms with Gasteiger partial charge in [0.05, 0.1) is 12.5 Å². The number of carbonyl (C=O) groups is 2. The van der Waals surface area contributed by atoms with Crippen molar-refractivity contribution < 1.29 is 18.7 Å². The largest absolute Gasteiger partial charge is 0.497 e. The van der Waals surface area contributed by atoms with Gasteiger partial charge in [-0.25, -0.2) is 4.79 Å². The van der Waals surface area contributed by atoms with E-state index in [1.807, 2.05) is 67.6 Å². The fourth-order valence-corrected chi connectivity index (χ4v) is 4.22. The Kier molecular flexibility index (Phi) is 6.68. The second-order valence-corrected chi connectivity index (χ2v) is 8.44. The van der Waals surface area contributed by atoms with Crippen molar-refractivity contribution in [2.24, 2.45) is 5.73 Å². The van der Waals surface area contributed by atoms with Gasteiger partial charge in [0, 0.05) is 23.9 Å². The lowest BCUT2D eigenvalue weighted by molar-refractivity contribution is -0.129. The summed E-state index contributed by atoms with van der Waals surface area (Å²) in [6.45, 7) is 1.81. The number of primary amides is 1. The van der Waals surface area contributed by atoms with E-state index in [2.05, 4.69) is 5.32 Å². The van der Waals surface area contributed by atoms with Crippen LogP contribution in [0.25, 0.3) is 11.0 Å². The number of nitrogens with two attached hydrogens (primary N) is 1. The first-order chi connectivity index (χ1) is 16.8. The standard InChI is InChI=1S/C28H26N2O5/c1-28(19-9-5-3-6-10-19,20-11-7-4-8-12-20)27(33)30-23(26(29)32)15-18-16-25(31)35-24-17-21(34-2)13-14-22(18)24/h3-14,16-17,23H,15H2,1-2H3,(H2,29,32)(H,30,33)/t23-/m0/s1. The molecule has 1 aromatic heterocycles. The van der Waals surface area contributed by atoms with Crippen molar-refractivity contribution >= 4 is 22.8 Å². The molecule has 0 radical (unpaired) electrons. The summed E-state index contributed by atoms with van der Waals surface area (Å²) in [4.78, 5) is 38.4. The summed E-state index contributed by atoms with van der Waals surface area (Å²) >= 11 is 0. The molecular formula is C28H26N2O5. The first kappa shape index (κ1) is 23.8. The minimum Gasteiger partial charge on any atom is -0.497 e. The molecule has 0 bridgehead atoms. The molecule has 3 aromatic carbocycles. The number of hydrogen-bond donors (Lipinski definition) is 2. The fraction of sp³-hybridized carbons (Fsp3) is 0.179. The molecule has 7 nitrogen and oxygen atoms in total. The van der Waals surface area contributed by atoms with Crippen LogP contribution in [0.4, 0.5) is 0 Å². The Morgan fingerprint density at radius 2 is 1.57 bits per heavy atom. The van der Waals surface area contributed by atoms with Crippen molar-refractivity contribution in [1.29, 1.82) is 0 Å². The average Bonchev–Trinajstić information content (AvgIpc) is 2.88. The van der Waals surface area contributed by atoms with E-state index in [0.717, 1.165) is 11.1 Å². The zero-order chi connectivity index (χ0) is 25.0. The monoisotopic (exact) mass is 470 g/mol. The number of fused-ring (bicyclic) bond motifs is 1. The van der Waals surface area contributed by atoms with Gasteiger partial charge in [-0.3, -0.25) is 9.59 Å². The number of hydrogen-bond acceptors (Lipinski definition) is 5. The molecule has 1 heterocycles. The van der Waals surface area contributed by atoms with E-state index in [4.69, 9.17) is 14.9 Å². The van der Waals surface area contributed by atoms with Gasteiger partial charge in [0.2, 0.25) is 11.8 Å². The van der Waals surface area contributed by atoms with Crippen molar-refractivity contribution in [1.82, 2.24) is 5.32 Å². The van der Waals surface area contributed by atoms with Crippen molar-refractivity contribution in [2.45, 2.75) is 24.8 Å². The molecule has 0 aliphatic carbocycles. The molecule has 4 aromatic rings. The molecule has 2 amide bonds. The van der Waals surface area contributed by atoms with E-state index in [9.17, 15) is 14.4 Å². The van der Waals surface area contributed by atoms with Crippen LogP contribution < -0.4 is 21.4 Å². The summed E-state index contributed by atoms with van der Waals surface area (Å²) in [6.07, 6.45) is 0.0230. The Bertz CT molecular complexity index is 1370. The molecule has 0 saturated heterocycles. The van der Waals surface area contributed by atoms with Crippen LogP contribution in [0, 0.1) is 0 Å². The first-order valence-electron chi connectivity index (χ1n) is 11.1. The number of methoxy groups -OCH3 is 1. The second-order valence-electron chi connectivity index (χ2n) is 8.44. The van der Waals surface area contributed by atoms with Crippen LogP contribution in [0.3, 0.4) is 0 Å². The van der Waals surface area contributed by atoms with Gasteiger partial charge in [-0.1, -0.05) is 60.7 Å².